The van der Waals surface area contributed by atoms with Crippen LogP contribution in [-0.4, -0.2) is 55.6 Å². The Balaban J connectivity index is 2.25. The van der Waals surface area contributed by atoms with Crippen LogP contribution >= 0.6 is 0 Å². The van der Waals surface area contributed by atoms with Gasteiger partial charge in [0, 0.05) is 31.6 Å². The molecule has 1 aromatic carbocycles. The molecule has 0 N–H and O–H groups in total. The average Bonchev–Trinajstić information content (AvgIpc) is 2.62. The van der Waals surface area contributed by atoms with Crippen LogP contribution in [0.1, 0.15) is 39.2 Å². The van der Waals surface area contributed by atoms with Crippen LogP contribution in [0.2, 0.25) is 0 Å². The van der Waals surface area contributed by atoms with E-state index in [0.29, 0.717) is 36.4 Å². The molecule has 1 amide bonds. The van der Waals surface area contributed by atoms with Gasteiger partial charge in [0.1, 0.15) is 0 Å². The molecule has 0 radical (unpaired) electrons. The number of hydrogen-bond donors (Lipinski definition) is 0. The highest BCUT2D eigenvalue weighted by atomic mass is 16.5. The maximum atomic E-state index is 12.7. The van der Waals surface area contributed by atoms with E-state index in [0.717, 1.165) is 18.5 Å². The van der Waals surface area contributed by atoms with Gasteiger partial charge in [-0.05, 0) is 44.0 Å². The smallest absolute Gasteiger partial charge is 0.222 e. The molecule has 140 valence electrons. The lowest BCUT2D eigenvalue weighted by atomic mass is 9.88. The highest BCUT2D eigenvalue weighted by Gasteiger charge is 2.34. The van der Waals surface area contributed by atoms with Gasteiger partial charge in [-0.25, -0.2) is 0 Å². The Hall–Kier alpha value is -1.75. The first-order valence-corrected chi connectivity index (χ1v) is 9.11. The Bertz CT molecular complexity index is 590. The molecule has 0 bridgehead atoms. The van der Waals surface area contributed by atoms with E-state index >= 15 is 0 Å². The van der Waals surface area contributed by atoms with E-state index in [4.69, 9.17) is 9.47 Å². The largest absolute Gasteiger partial charge is 0.493 e. The third-order valence-corrected chi connectivity index (χ3v) is 5.39. The first-order valence-electron chi connectivity index (χ1n) is 9.11. The Labute approximate surface area is 151 Å². The predicted molar refractivity (Wildman–Crippen MR) is 100 cm³/mol. The van der Waals surface area contributed by atoms with Gasteiger partial charge >= 0.3 is 0 Å². The van der Waals surface area contributed by atoms with Crippen molar-refractivity contribution in [1.29, 1.82) is 0 Å². The van der Waals surface area contributed by atoms with Gasteiger partial charge in [0.05, 0.1) is 14.2 Å². The molecule has 5 nitrogen and oxygen atoms in total. The van der Waals surface area contributed by atoms with Crippen molar-refractivity contribution < 1.29 is 14.3 Å². The summed E-state index contributed by atoms with van der Waals surface area (Å²) < 4.78 is 10.7. The van der Waals surface area contributed by atoms with Crippen molar-refractivity contribution >= 4 is 5.91 Å². The molecule has 0 spiro atoms. The van der Waals surface area contributed by atoms with Crippen molar-refractivity contribution in [3.63, 3.8) is 0 Å². The lowest BCUT2D eigenvalue weighted by Crippen LogP contribution is -2.53. The number of likely N-dealkylation sites (tertiary alicyclic amines) is 1. The maximum absolute atomic E-state index is 12.7. The van der Waals surface area contributed by atoms with Gasteiger partial charge in [-0.1, -0.05) is 19.9 Å². The summed E-state index contributed by atoms with van der Waals surface area (Å²) in [4.78, 5) is 17.1. The first kappa shape index (κ1) is 19.6. The zero-order valence-electron chi connectivity index (χ0n) is 16.4. The SMILES string of the molecule is CCC(=O)N(Cc1ccc(OC)c(OC)c1)[C@@H]1C[C@@H](C)N(C)C[C@H]1C. The number of rotatable bonds is 6. The number of piperidine rings is 1. The molecule has 1 aromatic rings. The Morgan fingerprint density at radius 2 is 1.92 bits per heavy atom. The second kappa shape index (κ2) is 8.56. The summed E-state index contributed by atoms with van der Waals surface area (Å²) in [7, 11) is 5.43. The van der Waals surface area contributed by atoms with Gasteiger partial charge in [0.15, 0.2) is 11.5 Å². The summed E-state index contributed by atoms with van der Waals surface area (Å²) in [6, 6.07) is 6.65. The average molecular weight is 348 g/mol. The van der Waals surface area contributed by atoms with E-state index in [9.17, 15) is 4.79 Å². The van der Waals surface area contributed by atoms with Gasteiger partial charge in [-0.3, -0.25) is 4.79 Å². The summed E-state index contributed by atoms with van der Waals surface area (Å²) >= 11 is 0. The monoisotopic (exact) mass is 348 g/mol. The Kier molecular flexibility index (Phi) is 6.71. The summed E-state index contributed by atoms with van der Waals surface area (Å²) in [5.41, 5.74) is 1.07. The van der Waals surface area contributed by atoms with Crippen LogP contribution in [0.15, 0.2) is 18.2 Å². The quantitative estimate of drug-likeness (QED) is 0.792. The molecule has 0 unspecified atom stereocenters. The third-order valence-electron chi connectivity index (χ3n) is 5.39. The predicted octanol–water partition coefficient (Wildman–Crippen LogP) is 3.17. The molecule has 5 heteroatoms. The van der Waals surface area contributed by atoms with Crippen molar-refractivity contribution in [2.75, 3.05) is 27.8 Å². The Morgan fingerprint density at radius 3 is 2.52 bits per heavy atom. The molecule has 1 heterocycles. The summed E-state index contributed by atoms with van der Waals surface area (Å²) in [6.07, 6.45) is 1.54. The van der Waals surface area contributed by atoms with Crippen LogP contribution in [0, 0.1) is 5.92 Å². The lowest BCUT2D eigenvalue weighted by molar-refractivity contribution is -0.136. The molecule has 2 rings (SSSR count). The van der Waals surface area contributed by atoms with Crippen molar-refractivity contribution in [2.24, 2.45) is 5.92 Å². The minimum absolute atomic E-state index is 0.211. The molecule has 0 aromatic heterocycles. The zero-order valence-corrected chi connectivity index (χ0v) is 16.4. The van der Waals surface area contributed by atoms with Gasteiger partial charge in [0.25, 0.3) is 0 Å². The van der Waals surface area contributed by atoms with Crippen LogP contribution in [0.3, 0.4) is 0 Å². The molecule has 25 heavy (non-hydrogen) atoms. The van der Waals surface area contributed by atoms with Crippen LogP contribution in [-0.2, 0) is 11.3 Å². The highest BCUT2D eigenvalue weighted by Crippen LogP contribution is 2.31. The standard InChI is InChI=1S/C20H32N2O3/c1-7-20(23)22(17-10-15(3)21(4)12-14(17)2)13-16-8-9-18(24-5)19(11-16)25-6/h8-9,11,14-15,17H,7,10,12-13H2,1-6H3/t14-,15-,17-/m1/s1. The van der Waals surface area contributed by atoms with E-state index in [1.54, 1.807) is 14.2 Å². The molecular weight excluding hydrogens is 316 g/mol. The molecule has 3 atom stereocenters. The van der Waals surface area contributed by atoms with Gasteiger partial charge in [-0.2, -0.15) is 0 Å². The van der Waals surface area contributed by atoms with Crippen LogP contribution < -0.4 is 9.47 Å². The molecule has 1 saturated heterocycles. The third kappa shape index (κ3) is 4.46. The van der Waals surface area contributed by atoms with Crippen molar-refractivity contribution in [3.05, 3.63) is 23.8 Å². The fraction of sp³-hybridized carbons (Fsp3) is 0.650. The molecule has 0 saturated carbocycles. The minimum Gasteiger partial charge on any atom is -0.493 e. The summed E-state index contributed by atoms with van der Waals surface area (Å²) in [5.74, 6) is 2.08. The zero-order chi connectivity index (χ0) is 18.6. The van der Waals surface area contributed by atoms with E-state index in [-0.39, 0.29) is 11.9 Å². The number of carbonyl (C=O) groups excluding carboxylic acids is 1. The van der Waals surface area contributed by atoms with Crippen molar-refractivity contribution in [2.45, 2.75) is 52.2 Å². The van der Waals surface area contributed by atoms with E-state index in [2.05, 4.69) is 30.7 Å². The van der Waals surface area contributed by atoms with E-state index in [1.165, 1.54) is 0 Å². The Morgan fingerprint density at radius 1 is 1.24 bits per heavy atom. The van der Waals surface area contributed by atoms with E-state index in [1.807, 2.05) is 25.1 Å². The summed E-state index contributed by atoms with van der Waals surface area (Å²) in [5, 5.41) is 0. The lowest BCUT2D eigenvalue weighted by Gasteiger charge is -2.45. The molecule has 1 aliphatic rings. The van der Waals surface area contributed by atoms with Crippen molar-refractivity contribution in [1.82, 2.24) is 9.80 Å². The van der Waals surface area contributed by atoms with Crippen LogP contribution in [0.25, 0.3) is 0 Å². The van der Waals surface area contributed by atoms with Crippen LogP contribution in [0.4, 0.5) is 0 Å². The van der Waals surface area contributed by atoms with Gasteiger partial charge in [-0.15, -0.1) is 0 Å². The minimum atomic E-state index is 0.211. The number of amides is 1. The molecule has 1 fully saturated rings. The molecule has 1 aliphatic heterocycles. The molecule has 0 aliphatic carbocycles. The fourth-order valence-corrected chi connectivity index (χ4v) is 3.72. The van der Waals surface area contributed by atoms with Gasteiger partial charge < -0.3 is 19.3 Å². The van der Waals surface area contributed by atoms with Crippen molar-refractivity contribution in [3.8, 4) is 11.5 Å². The fourth-order valence-electron chi connectivity index (χ4n) is 3.72. The summed E-state index contributed by atoms with van der Waals surface area (Å²) in [6.45, 7) is 8.05. The number of benzene rings is 1. The number of nitrogens with zero attached hydrogens (tertiary/aromatic N) is 2. The number of carbonyl (C=O) groups is 1. The number of ether oxygens (including phenoxy) is 2. The van der Waals surface area contributed by atoms with Gasteiger partial charge in [0.2, 0.25) is 5.91 Å². The topological polar surface area (TPSA) is 42.0 Å². The second-order valence-corrected chi connectivity index (χ2v) is 7.13. The highest BCUT2D eigenvalue weighted by molar-refractivity contribution is 5.76. The number of hydrogen-bond acceptors (Lipinski definition) is 4. The molecular formula is C20H32N2O3. The number of methoxy groups -OCH3 is 2. The normalized spacial score (nSPS) is 24.0. The van der Waals surface area contributed by atoms with Crippen LogP contribution in [0.5, 0.6) is 11.5 Å². The maximum Gasteiger partial charge on any atom is 0.222 e. The first-order chi connectivity index (χ1) is 11.9. The van der Waals surface area contributed by atoms with E-state index < -0.39 is 0 Å². The second-order valence-electron chi connectivity index (χ2n) is 7.13.